The van der Waals surface area contributed by atoms with Crippen molar-refractivity contribution in [2.75, 3.05) is 5.32 Å². The van der Waals surface area contributed by atoms with Crippen LogP contribution in [0.3, 0.4) is 0 Å². The zero-order chi connectivity index (χ0) is 9.42. The first-order valence-electron chi connectivity index (χ1n) is 3.94. The predicted octanol–water partition coefficient (Wildman–Crippen LogP) is 1.85. The van der Waals surface area contributed by atoms with E-state index in [0.717, 1.165) is 6.07 Å². The van der Waals surface area contributed by atoms with Crippen LogP contribution < -0.4 is 5.32 Å². The van der Waals surface area contributed by atoms with Gasteiger partial charge in [0.25, 0.3) is 0 Å². The van der Waals surface area contributed by atoms with Crippen molar-refractivity contribution in [2.24, 2.45) is 0 Å². The van der Waals surface area contributed by atoms with E-state index in [9.17, 15) is 13.6 Å². The first kappa shape index (κ1) is 8.16. The Bertz CT molecular complexity index is 376. The van der Waals surface area contributed by atoms with E-state index in [1.807, 2.05) is 0 Å². The lowest BCUT2D eigenvalue weighted by Gasteiger charge is -2.16. The molecule has 1 aliphatic rings. The first-order valence-corrected chi connectivity index (χ1v) is 3.94. The Kier molecular flexibility index (Phi) is 1.76. The molecule has 0 unspecified atom stereocenters. The molecule has 1 heterocycles. The number of carbonyl (C=O) groups excluding carboxylic acids is 1. The minimum absolute atomic E-state index is 0.123. The highest BCUT2D eigenvalue weighted by atomic mass is 19.1. The lowest BCUT2D eigenvalue weighted by atomic mass is 10.0. The summed E-state index contributed by atoms with van der Waals surface area (Å²) in [6.45, 7) is 0. The van der Waals surface area contributed by atoms with Gasteiger partial charge in [-0.2, -0.15) is 0 Å². The molecular weight excluding hydrogens is 176 g/mol. The lowest BCUT2D eigenvalue weighted by molar-refractivity contribution is -0.116. The Labute approximate surface area is 73.6 Å². The number of anilines is 1. The third-order valence-electron chi connectivity index (χ3n) is 2.02. The Morgan fingerprint density at radius 1 is 1.23 bits per heavy atom. The molecule has 1 amide bonds. The molecule has 0 aromatic heterocycles. The molecular formula is C9H7F2NO. The summed E-state index contributed by atoms with van der Waals surface area (Å²) < 4.78 is 25.8. The molecule has 1 aromatic carbocycles. The van der Waals surface area contributed by atoms with E-state index in [2.05, 4.69) is 5.32 Å². The number of fused-ring (bicyclic) bond motifs is 1. The first-order chi connectivity index (χ1) is 6.16. The fourth-order valence-corrected chi connectivity index (χ4v) is 1.41. The fraction of sp³-hybridized carbons (Fsp3) is 0.222. The quantitative estimate of drug-likeness (QED) is 0.653. The predicted molar refractivity (Wildman–Crippen MR) is 43.3 cm³/mol. The van der Waals surface area contributed by atoms with Crippen molar-refractivity contribution in [1.29, 1.82) is 0 Å². The number of rotatable bonds is 0. The van der Waals surface area contributed by atoms with Crippen molar-refractivity contribution in [3.8, 4) is 0 Å². The Morgan fingerprint density at radius 3 is 2.77 bits per heavy atom. The minimum atomic E-state index is -0.706. The van der Waals surface area contributed by atoms with Gasteiger partial charge in [0.2, 0.25) is 5.91 Å². The molecule has 0 fully saturated rings. The van der Waals surface area contributed by atoms with Crippen molar-refractivity contribution in [2.45, 2.75) is 12.8 Å². The van der Waals surface area contributed by atoms with E-state index in [0.29, 0.717) is 12.0 Å². The van der Waals surface area contributed by atoms with Crippen molar-refractivity contribution < 1.29 is 13.6 Å². The van der Waals surface area contributed by atoms with Crippen molar-refractivity contribution >= 4 is 11.6 Å². The molecule has 0 bridgehead atoms. The molecule has 4 heteroatoms. The second-order valence-corrected chi connectivity index (χ2v) is 2.97. The Hall–Kier alpha value is -1.45. The maximum atomic E-state index is 13.1. The van der Waals surface area contributed by atoms with Crippen molar-refractivity contribution in [3.63, 3.8) is 0 Å². The van der Waals surface area contributed by atoms with E-state index >= 15 is 0 Å². The number of aryl methyl sites for hydroxylation is 1. The van der Waals surface area contributed by atoms with Crippen LogP contribution >= 0.6 is 0 Å². The van der Waals surface area contributed by atoms with Gasteiger partial charge in [-0.25, -0.2) is 8.78 Å². The molecule has 0 radical (unpaired) electrons. The van der Waals surface area contributed by atoms with Crippen LogP contribution in [-0.2, 0) is 11.2 Å². The summed E-state index contributed by atoms with van der Waals surface area (Å²) in [5.41, 5.74) is 0.648. The smallest absolute Gasteiger partial charge is 0.224 e. The van der Waals surface area contributed by atoms with Gasteiger partial charge >= 0.3 is 0 Å². The Balaban J connectivity index is 2.53. The highest BCUT2D eigenvalue weighted by molar-refractivity contribution is 5.94. The van der Waals surface area contributed by atoms with Crippen LogP contribution in [0, 0.1) is 11.6 Å². The molecule has 1 aromatic rings. The second kappa shape index (κ2) is 2.80. The minimum Gasteiger partial charge on any atom is -0.323 e. The molecule has 68 valence electrons. The van der Waals surface area contributed by atoms with Crippen LogP contribution in [0.2, 0.25) is 0 Å². The van der Waals surface area contributed by atoms with Crippen LogP contribution in [0.1, 0.15) is 12.0 Å². The summed E-state index contributed by atoms with van der Waals surface area (Å²) in [4.78, 5) is 10.9. The summed E-state index contributed by atoms with van der Waals surface area (Å²) in [7, 11) is 0. The van der Waals surface area contributed by atoms with Gasteiger partial charge < -0.3 is 5.32 Å². The maximum absolute atomic E-state index is 13.1. The molecule has 0 saturated carbocycles. The number of nitrogens with one attached hydrogen (secondary N) is 1. The average molecular weight is 183 g/mol. The monoisotopic (exact) mass is 183 g/mol. The molecule has 0 spiro atoms. The molecule has 0 aliphatic carbocycles. The number of carbonyl (C=O) groups is 1. The van der Waals surface area contributed by atoms with Gasteiger partial charge in [0, 0.05) is 12.5 Å². The third kappa shape index (κ3) is 1.39. The number of benzene rings is 1. The zero-order valence-electron chi connectivity index (χ0n) is 6.73. The molecule has 2 rings (SSSR count). The van der Waals surface area contributed by atoms with E-state index < -0.39 is 11.6 Å². The van der Waals surface area contributed by atoms with Crippen LogP contribution in [-0.4, -0.2) is 5.91 Å². The number of hydrogen-bond donors (Lipinski definition) is 1. The van der Waals surface area contributed by atoms with E-state index in [-0.39, 0.29) is 18.0 Å². The molecule has 13 heavy (non-hydrogen) atoms. The molecule has 2 nitrogen and oxygen atoms in total. The number of halogens is 2. The van der Waals surface area contributed by atoms with Crippen LogP contribution in [0.4, 0.5) is 14.5 Å². The average Bonchev–Trinajstić information content (AvgIpc) is 2.06. The van der Waals surface area contributed by atoms with Gasteiger partial charge in [-0.1, -0.05) is 0 Å². The highest BCUT2D eigenvalue weighted by Crippen LogP contribution is 2.26. The van der Waals surface area contributed by atoms with Crippen LogP contribution in [0.15, 0.2) is 12.1 Å². The Morgan fingerprint density at radius 2 is 2.00 bits per heavy atom. The molecule has 0 atom stereocenters. The third-order valence-corrected chi connectivity index (χ3v) is 2.02. The summed E-state index contributed by atoms with van der Waals surface area (Å²) in [5.74, 6) is -1.53. The summed E-state index contributed by atoms with van der Waals surface area (Å²) in [5, 5.41) is 2.37. The second-order valence-electron chi connectivity index (χ2n) is 2.97. The fourth-order valence-electron chi connectivity index (χ4n) is 1.41. The standard InChI is InChI=1S/C9H7F2NO/c10-6-3-5-1-2-8(13)12-9(5)7(11)4-6/h3-4H,1-2H2,(H,12,13). The SMILES string of the molecule is O=C1CCc2cc(F)cc(F)c2N1. The van der Waals surface area contributed by atoms with E-state index in [4.69, 9.17) is 0 Å². The van der Waals surface area contributed by atoms with Gasteiger partial charge in [0.15, 0.2) is 0 Å². The lowest BCUT2D eigenvalue weighted by Crippen LogP contribution is -2.20. The van der Waals surface area contributed by atoms with Gasteiger partial charge in [0.1, 0.15) is 11.6 Å². The highest BCUT2D eigenvalue weighted by Gasteiger charge is 2.18. The number of amides is 1. The van der Waals surface area contributed by atoms with Gasteiger partial charge in [0.05, 0.1) is 5.69 Å². The number of hydrogen-bond acceptors (Lipinski definition) is 1. The van der Waals surface area contributed by atoms with Crippen molar-refractivity contribution in [3.05, 3.63) is 29.3 Å². The van der Waals surface area contributed by atoms with E-state index in [1.165, 1.54) is 6.07 Å². The van der Waals surface area contributed by atoms with Gasteiger partial charge in [-0.05, 0) is 18.1 Å². The largest absolute Gasteiger partial charge is 0.323 e. The van der Waals surface area contributed by atoms with Gasteiger partial charge in [-0.15, -0.1) is 0 Å². The summed E-state index contributed by atoms with van der Waals surface area (Å²) >= 11 is 0. The van der Waals surface area contributed by atoms with Crippen LogP contribution in [0.5, 0.6) is 0 Å². The van der Waals surface area contributed by atoms with E-state index in [1.54, 1.807) is 0 Å². The van der Waals surface area contributed by atoms with Crippen LogP contribution in [0.25, 0.3) is 0 Å². The zero-order valence-corrected chi connectivity index (χ0v) is 6.73. The molecule has 0 saturated heterocycles. The summed E-state index contributed by atoms with van der Waals surface area (Å²) in [6, 6.07) is 2.02. The summed E-state index contributed by atoms with van der Waals surface area (Å²) in [6.07, 6.45) is 0.686. The molecule has 1 aliphatic heterocycles. The van der Waals surface area contributed by atoms with Crippen molar-refractivity contribution in [1.82, 2.24) is 0 Å². The maximum Gasteiger partial charge on any atom is 0.224 e. The topological polar surface area (TPSA) is 29.1 Å². The van der Waals surface area contributed by atoms with Gasteiger partial charge in [-0.3, -0.25) is 4.79 Å². The molecule has 1 N–H and O–H groups in total. The normalized spacial score (nSPS) is 15.1.